The summed E-state index contributed by atoms with van der Waals surface area (Å²) in [5.74, 6) is 0.671. The summed E-state index contributed by atoms with van der Waals surface area (Å²) in [7, 11) is 0. The molecule has 0 saturated heterocycles. The van der Waals surface area contributed by atoms with Crippen LogP contribution in [0.25, 0.3) is 0 Å². The molecule has 0 spiro atoms. The third kappa shape index (κ3) is 5.47. The van der Waals surface area contributed by atoms with Crippen molar-refractivity contribution < 1.29 is 4.79 Å². The molecule has 3 N–H and O–H groups in total. The van der Waals surface area contributed by atoms with E-state index in [1.165, 1.54) is 5.56 Å². The Morgan fingerprint density at radius 2 is 2.00 bits per heavy atom. The number of nitrogens with two attached hydrogens (primary N) is 1. The third-order valence-corrected chi connectivity index (χ3v) is 4.11. The zero-order chi connectivity index (χ0) is 15.4. The van der Waals surface area contributed by atoms with Crippen LogP contribution < -0.4 is 11.1 Å². The number of nitrogens with one attached hydrogen (secondary N) is 1. The fourth-order valence-electron chi connectivity index (χ4n) is 2.83. The summed E-state index contributed by atoms with van der Waals surface area (Å²) in [6, 6.07) is 5.98. The predicted octanol–water partition coefficient (Wildman–Crippen LogP) is 2.43. The van der Waals surface area contributed by atoms with E-state index >= 15 is 0 Å². The SMILES string of the molecule is Cl.Cl.NC1CCC(C(=O)Nc2ccn(CCc3ccncc3)n2)C1. The lowest BCUT2D eigenvalue weighted by atomic mass is 10.1. The van der Waals surface area contributed by atoms with E-state index < -0.39 is 0 Å². The maximum absolute atomic E-state index is 12.1. The van der Waals surface area contributed by atoms with Crippen LogP contribution in [-0.2, 0) is 17.8 Å². The Balaban J connectivity index is 0.00000144. The van der Waals surface area contributed by atoms with Crippen LogP contribution in [-0.4, -0.2) is 26.7 Å². The quantitative estimate of drug-likeness (QED) is 0.844. The number of rotatable bonds is 5. The summed E-state index contributed by atoms with van der Waals surface area (Å²) in [4.78, 5) is 16.1. The van der Waals surface area contributed by atoms with Crippen molar-refractivity contribution in [1.29, 1.82) is 0 Å². The number of carbonyl (C=O) groups is 1. The van der Waals surface area contributed by atoms with Crippen LogP contribution >= 0.6 is 24.8 Å². The van der Waals surface area contributed by atoms with Crippen molar-refractivity contribution in [3.63, 3.8) is 0 Å². The van der Waals surface area contributed by atoms with E-state index in [4.69, 9.17) is 5.73 Å². The second kappa shape index (κ2) is 9.61. The van der Waals surface area contributed by atoms with Gasteiger partial charge in [-0.15, -0.1) is 24.8 Å². The number of hydrogen-bond donors (Lipinski definition) is 2. The van der Waals surface area contributed by atoms with Gasteiger partial charge in [-0.25, -0.2) is 0 Å². The van der Waals surface area contributed by atoms with E-state index in [1.54, 1.807) is 12.4 Å². The number of aromatic nitrogens is 3. The molecule has 24 heavy (non-hydrogen) atoms. The fraction of sp³-hybridized carbons (Fsp3) is 0.438. The number of pyridine rings is 1. The van der Waals surface area contributed by atoms with Crippen LogP contribution in [0.15, 0.2) is 36.8 Å². The van der Waals surface area contributed by atoms with Crippen molar-refractivity contribution in [3.8, 4) is 0 Å². The molecule has 132 valence electrons. The van der Waals surface area contributed by atoms with Crippen molar-refractivity contribution in [1.82, 2.24) is 14.8 Å². The van der Waals surface area contributed by atoms with Gasteiger partial charge in [0.25, 0.3) is 0 Å². The fourth-order valence-corrected chi connectivity index (χ4v) is 2.83. The second-order valence-corrected chi connectivity index (χ2v) is 5.83. The summed E-state index contributed by atoms with van der Waals surface area (Å²) in [5, 5.41) is 7.28. The first-order chi connectivity index (χ1) is 10.7. The summed E-state index contributed by atoms with van der Waals surface area (Å²) in [6.07, 6.45) is 8.92. The molecule has 1 amide bonds. The Bertz CT molecular complexity index is 634. The smallest absolute Gasteiger partial charge is 0.228 e. The number of hydrogen-bond acceptors (Lipinski definition) is 4. The minimum atomic E-state index is 0. The molecule has 2 unspecified atom stereocenters. The zero-order valence-electron chi connectivity index (χ0n) is 13.3. The first kappa shape index (κ1) is 20.4. The van der Waals surface area contributed by atoms with Crippen LogP contribution in [0.1, 0.15) is 24.8 Å². The molecule has 1 aliphatic carbocycles. The van der Waals surface area contributed by atoms with E-state index in [2.05, 4.69) is 15.4 Å². The Morgan fingerprint density at radius 1 is 1.25 bits per heavy atom. The van der Waals surface area contributed by atoms with Crippen LogP contribution in [0.2, 0.25) is 0 Å². The summed E-state index contributed by atoms with van der Waals surface area (Å²) in [6.45, 7) is 0.772. The van der Waals surface area contributed by atoms with Gasteiger partial charge < -0.3 is 11.1 Å². The van der Waals surface area contributed by atoms with Gasteiger partial charge in [0.15, 0.2) is 5.82 Å². The van der Waals surface area contributed by atoms with E-state index in [0.717, 1.165) is 32.2 Å². The van der Waals surface area contributed by atoms with Crippen LogP contribution in [0.4, 0.5) is 5.82 Å². The lowest BCUT2D eigenvalue weighted by Crippen LogP contribution is -2.23. The minimum absolute atomic E-state index is 0. The number of amides is 1. The molecule has 2 aromatic heterocycles. The molecule has 0 aromatic carbocycles. The first-order valence-electron chi connectivity index (χ1n) is 7.69. The number of carbonyl (C=O) groups excluding carboxylic acids is 1. The van der Waals surface area contributed by atoms with E-state index in [-0.39, 0.29) is 42.7 Å². The summed E-state index contributed by atoms with van der Waals surface area (Å²) < 4.78 is 1.84. The van der Waals surface area contributed by atoms with E-state index in [1.807, 2.05) is 29.1 Å². The Labute approximate surface area is 154 Å². The van der Waals surface area contributed by atoms with Crippen LogP contribution in [0.3, 0.4) is 0 Å². The average Bonchev–Trinajstić information content (AvgIpc) is 3.15. The molecule has 6 nitrogen and oxygen atoms in total. The van der Waals surface area contributed by atoms with Gasteiger partial charge in [-0.05, 0) is 43.4 Å². The topological polar surface area (TPSA) is 85.8 Å². The molecule has 8 heteroatoms. The van der Waals surface area contributed by atoms with Gasteiger partial charge in [0.05, 0.1) is 0 Å². The van der Waals surface area contributed by atoms with Gasteiger partial charge in [0.1, 0.15) is 0 Å². The molecule has 1 fully saturated rings. The highest BCUT2D eigenvalue weighted by molar-refractivity contribution is 5.91. The van der Waals surface area contributed by atoms with Crippen LogP contribution in [0, 0.1) is 5.92 Å². The molecule has 0 radical (unpaired) electrons. The van der Waals surface area contributed by atoms with Gasteiger partial charge in [-0.3, -0.25) is 14.5 Å². The molecule has 2 aromatic rings. The maximum atomic E-state index is 12.1. The average molecular weight is 372 g/mol. The first-order valence-corrected chi connectivity index (χ1v) is 7.69. The molecule has 2 atom stereocenters. The van der Waals surface area contributed by atoms with Gasteiger partial charge >= 0.3 is 0 Å². The molecule has 3 rings (SSSR count). The predicted molar refractivity (Wildman–Crippen MR) is 98.6 cm³/mol. The van der Waals surface area contributed by atoms with E-state index in [9.17, 15) is 4.79 Å². The number of anilines is 1. The second-order valence-electron chi connectivity index (χ2n) is 5.83. The lowest BCUT2D eigenvalue weighted by molar-refractivity contribution is -0.119. The molecule has 1 saturated carbocycles. The van der Waals surface area contributed by atoms with Crippen molar-refractivity contribution in [2.45, 2.75) is 38.3 Å². The van der Waals surface area contributed by atoms with Gasteiger partial charge in [0.2, 0.25) is 5.91 Å². The highest BCUT2D eigenvalue weighted by Crippen LogP contribution is 2.25. The van der Waals surface area contributed by atoms with Crippen molar-refractivity contribution >= 4 is 36.5 Å². The van der Waals surface area contributed by atoms with Crippen molar-refractivity contribution in [2.75, 3.05) is 5.32 Å². The highest BCUT2D eigenvalue weighted by Gasteiger charge is 2.27. The molecule has 0 aliphatic heterocycles. The van der Waals surface area contributed by atoms with Crippen LogP contribution in [0.5, 0.6) is 0 Å². The Morgan fingerprint density at radius 3 is 2.67 bits per heavy atom. The largest absolute Gasteiger partial charge is 0.328 e. The van der Waals surface area contributed by atoms with Gasteiger partial charge in [-0.1, -0.05) is 0 Å². The van der Waals surface area contributed by atoms with Gasteiger partial charge in [-0.2, -0.15) is 5.10 Å². The maximum Gasteiger partial charge on any atom is 0.228 e. The Hall–Kier alpha value is -1.63. The number of aryl methyl sites for hydroxylation is 2. The molecule has 1 aliphatic rings. The van der Waals surface area contributed by atoms with Gasteiger partial charge in [0, 0.05) is 43.2 Å². The molecular formula is C16H23Cl2N5O. The summed E-state index contributed by atoms with van der Waals surface area (Å²) >= 11 is 0. The minimum Gasteiger partial charge on any atom is -0.328 e. The number of halogens is 2. The Kier molecular flexibility index (Phi) is 8.18. The van der Waals surface area contributed by atoms with Crippen molar-refractivity contribution in [2.24, 2.45) is 11.7 Å². The molecule has 0 bridgehead atoms. The number of nitrogens with zero attached hydrogens (tertiary/aromatic N) is 3. The standard InChI is InChI=1S/C16H21N5O.2ClH/c17-14-2-1-13(11-14)16(22)19-15-6-10-21(20-15)9-5-12-3-7-18-8-4-12;;/h3-4,6-8,10,13-14H,1-2,5,9,11,17H2,(H,19,20,22);2*1H. The van der Waals surface area contributed by atoms with Crippen molar-refractivity contribution in [3.05, 3.63) is 42.4 Å². The normalized spacial score (nSPS) is 19.2. The third-order valence-electron chi connectivity index (χ3n) is 4.11. The van der Waals surface area contributed by atoms with E-state index in [0.29, 0.717) is 5.82 Å². The molecule has 2 heterocycles. The highest BCUT2D eigenvalue weighted by atomic mass is 35.5. The monoisotopic (exact) mass is 371 g/mol. The summed E-state index contributed by atoms with van der Waals surface area (Å²) in [5.41, 5.74) is 7.07. The lowest BCUT2D eigenvalue weighted by Gasteiger charge is -2.08. The zero-order valence-corrected chi connectivity index (χ0v) is 14.9. The molecular weight excluding hydrogens is 349 g/mol.